The van der Waals surface area contributed by atoms with Crippen molar-refractivity contribution < 1.29 is 9.59 Å². The van der Waals surface area contributed by atoms with Crippen molar-refractivity contribution in [3.8, 4) is 0 Å². The van der Waals surface area contributed by atoms with Crippen molar-refractivity contribution in [2.75, 3.05) is 29.9 Å². The molecule has 1 heterocycles. The summed E-state index contributed by atoms with van der Waals surface area (Å²) in [6, 6.07) is 4.92. The second-order valence-corrected chi connectivity index (χ2v) is 6.99. The average molecular weight is 372 g/mol. The van der Waals surface area contributed by atoms with Crippen LogP contribution >= 0.6 is 24.2 Å². The monoisotopic (exact) mass is 371 g/mol. The first-order valence-electron chi connectivity index (χ1n) is 8.07. The minimum Gasteiger partial charge on any atom is -0.337 e. The van der Waals surface area contributed by atoms with Gasteiger partial charge in [-0.25, -0.2) is 0 Å². The van der Waals surface area contributed by atoms with Gasteiger partial charge in [-0.05, 0) is 31.0 Å². The number of hydrogen-bond donors (Lipinski definition) is 2. The number of amides is 2. The van der Waals surface area contributed by atoms with Crippen molar-refractivity contribution in [2.24, 2.45) is 5.73 Å². The largest absolute Gasteiger partial charge is 0.337 e. The van der Waals surface area contributed by atoms with Gasteiger partial charge in [-0.3, -0.25) is 9.59 Å². The highest BCUT2D eigenvalue weighted by atomic mass is 35.5. The molecular weight excluding hydrogens is 346 g/mol. The van der Waals surface area contributed by atoms with Crippen LogP contribution in [0.2, 0.25) is 0 Å². The van der Waals surface area contributed by atoms with E-state index in [0.29, 0.717) is 17.7 Å². The van der Waals surface area contributed by atoms with Gasteiger partial charge in [0, 0.05) is 35.8 Å². The fourth-order valence-corrected chi connectivity index (χ4v) is 3.51. The van der Waals surface area contributed by atoms with E-state index < -0.39 is 6.04 Å². The van der Waals surface area contributed by atoms with Crippen LogP contribution in [0.4, 0.5) is 5.69 Å². The first-order valence-corrected chi connectivity index (χ1v) is 9.23. The predicted octanol–water partition coefficient (Wildman–Crippen LogP) is 2.67. The Morgan fingerprint density at radius 3 is 2.62 bits per heavy atom. The van der Waals surface area contributed by atoms with E-state index in [2.05, 4.69) is 5.32 Å². The van der Waals surface area contributed by atoms with Crippen LogP contribution in [0.25, 0.3) is 0 Å². The summed E-state index contributed by atoms with van der Waals surface area (Å²) >= 11 is 1.87. The maximum atomic E-state index is 12.7. The van der Waals surface area contributed by atoms with Crippen molar-refractivity contribution in [3.05, 3.63) is 29.3 Å². The summed E-state index contributed by atoms with van der Waals surface area (Å²) in [7, 11) is 0. The van der Waals surface area contributed by atoms with Crippen LogP contribution in [0.1, 0.15) is 35.7 Å². The summed E-state index contributed by atoms with van der Waals surface area (Å²) in [4.78, 5) is 26.7. The van der Waals surface area contributed by atoms with Crippen LogP contribution < -0.4 is 11.1 Å². The molecule has 1 aliphatic rings. The van der Waals surface area contributed by atoms with Crippen molar-refractivity contribution in [3.63, 3.8) is 0 Å². The average Bonchev–Trinajstić information content (AvgIpc) is 2.57. The highest BCUT2D eigenvalue weighted by Gasteiger charge is 2.21. The van der Waals surface area contributed by atoms with Crippen molar-refractivity contribution in [1.82, 2.24) is 4.90 Å². The Morgan fingerprint density at radius 1 is 1.33 bits per heavy atom. The zero-order valence-corrected chi connectivity index (χ0v) is 15.8. The van der Waals surface area contributed by atoms with E-state index in [1.165, 1.54) is 0 Å². The molecular formula is C17H26ClN3O2S. The molecule has 0 radical (unpaired) electrons. The minimum atomic E-state index is -0.516. The molecule has 0 bridgehead atoms. The molecule has 0 aromatic heterocycles. The van der Waals surface area contributed by atoms with Gasteiger partial charge < -0.3 is 16.0 Å². The Labute approximate surface area is 154 Å². The predicted molar refractivity (Wildman–Crippen MR) is 103 cm³/mol. The summed E-state index contributed by atoms with van der Waals surface area (Å²) in [5.74, 6) is 1.80. The summed E-state index contributed by atoms with van der Waals surface area (Å²) in [6.07, 6.45) is 1.51. The zero-order valence-electron chi connectivity index (χ0n) is 14.2. The molecule has 1 aliphatic heterocycles. The maximum absolute atomic E-state index is 12.7. The molecule has 7 heteroatoms. The van der Waals surface area contributed by atoms with Gasteiger partial charge in [-0.1, -0.05) is 19.4 Å². The van der Waals surface area contributed by atoms with E-state index >= 15 is 0 Å². The molecule has 1 unspecified atom stereocenters. The summed E-state index contributed by atoms with van der Waals surface area (Å²) < 4.78 is 0. The van der Waals surface area contributed by atoms with Crippen molar-refractivity contribution >= 4 is 41.7 Å². The number of carbonyl (C=O) groups excluding carboxylic acids is 2. The number of nitrogens with two attached hydrogens (primary N) is 1. The van der Waals surface area contributed by atoms with Gasteiger partial charge in [0.2, 0.25) is 5.91 Å². The highest BCUT2D eigenvalue weighted by Crippen LogP contribution is 2.22. The Morgan fingerprint density at radius 2 is 2.00 bits per heavy atom. The second kappa shape index (κ2) is 9.91. The van der Waals surface area contributed by atoms with E-state index in [-0.39, 0.29) is 24.2 Å². The third-order valence-electron chi connectivity index (χ3n) is 4.06. The first kappa shape index (κ1) is 20.8. The maximum Gasteiger partial charge on any atom is 0.254 e. The first-order chi connectivity index (χ1) is 11.0. The van der Waals surface area contributed by atoms with E-state index in [9.17, 15) is 9.59 Å². The number of halogens is 1. The Bertz CT molecular complexity index is 577. The summed E-state index contributed by atoms with van der Waals surface area (Å²) in [5.41, 5.74) is 7.97. The molecule has 24 heavy (non-hydrogen) atoms. The number of thioether (sulfide) groups is 1. The Balaban J connectivity index is 0.00000288. The third-order valence-corrected chi connectivity index (χ3v) is 5.00. The zero-order chi connectivity index (χ0) is 16.8. The lowest BCUT2D eigenvalue weighted by Crippen LogP contribution is -2.38. The lowest BCUT2D eigenvalue weighted by molar-refractivity contribution is -0.117. The van der Waals surface area contributed by atoms with Gasteiger partial charge in [0.25, 0.3) is 5.91 Å². The van der Waals surface area contributed by atoms with E-state index in [1.807, 2.05) is 42.6 Å². The molecule has 0 aliphatic carbocycles. The summed E-state index contributed by atoms with van der Waals surface area (Å²) in [6.45, 7) is 5.42. The number of nitrogens with zero attached hydrogens (tertiary/aromatic N) is 1. The van der Waals surface area contributed by atoms with Crippen molar-refractivity contribution in [2.45, 2.75) is 32.7 Å². The SMILES string of the molecule is CCCC(N)C(=O)Nc1cccc(C(=O)N2CCSCC2)c1C.Cl. The number of benzene rings is 1. The number of hydrogen-bond acceptors (Lipinski definition) is 4. The molecule has 1 aromatic carbocycles. The number of nitrogens with one attached hydrogen (secondary N) is 1. The fourth-order valence-electron chi connectivity index (χ4n) is 2.61. The van der Waals surface area contributed by atoms with Crippen LogP contribution in [0.5, 0.6) is 0 Å². The quantitative estimate of drug-likeness (QED) is 0.834. The highest BCUT2D eigenvalue weighted by molar-refractivity contribution is 7.99. The number of carbonyl (C=O) groups is 2. The Hall–Kier alpha value is -1.24. The molecule has 3 N–H and O–H groups in total. The van der Waals surface area contributed by atoms with Crippen LogP contribution in [-0.2, 0) is 4.79 Å². The molecule has 0 saturated carbocycles. The van der Waals surface area contributed by atoms with Gasteiger partial charge in [-0.2, -0.15) is 11.8 Å². The standard InChI is InChI=1S/C17H25N3O2S.ClH/c1-3-5-14(18)16(21)19-15-7-4-6-13(12(15)2)17(22)20-8-10-23-11-9-20;/h4,6-7,14H,3,5,8-11,18H2,1-2H3,(H,19,21);1H. The molecule has 2 rings (SSSR count). The van der Waals surface area contributed by atoms with Crippen molar-refractivity contribution in [1.29, 1.82) is 0 Å². The summed E-state index contributed by atoms with van der Waals surface area (Å²) in [5, 5.41) is 2.85. The van der Waals surface area contributed by atoms with E-state index in [4.69, 9.17) is 5.73 Å². The fraction of sp³-hybridized carbons (Fsp3) is 0.529. The molecule has 5 nitrogen and oxygen atoms in total. The molecule has 1 aromatic rings. The van der Waals surface area contributed by atoms with Gasteiger partial charge >= 0.3 is 0 Å². The topological polar surface area (TPSA) is 75.4 Å². The van der Waals surface area contributed by atoms with Gasteiger partial charge in [-0.15, -0.1) is 12.4 Å². The lowest BCUT2D eigenvalue weighted by Gasteiger charge is -2.27. The molecule has 0 spiro atoms. The molecule has 134 valence electrons. The van der Waals surface area contributed by atoms with Gasteiger partial charge in [0.1, 0.15) is 0 Å². The third kappa shape index (κ3) is 5.13. The normalized spacial score (nSPS) is 15.4. The van der Waals surface area contributed by atoms with Crippen LogP contribution in [0.3, 0.4) is 0 Å². The van der Waals surface area contributed by atoms with Gasteiger partial charge in [0.15, 0.2) is 0 Å². The molecule has 1 atom stereocenters. The molecule has 2 amide bonds. The van der Waals surface area contributed by atoms with E-state index in [1.54, 1.807) is 6.07 Å². The lowest BCUT2D eigenvalue weighted by atomic mass is 10.0. The van der Waals surface area contributed by atoms with Gasteiger partial charge in [0.05, 0.1) is 6.04 Å². The Kier molecular flexibility index (Phi) is 8.59. The smallest absolute Gasteiger partial charge is 0.254 e. The second-order valence-electron chi connectivity index (χ2n) is 5.77. The van der Waals surface area contributed by atoms with Crippen LogP contribution in [-0.4, -0.2) is 47.4 Å². The molecule has 1 saturated heterocycles. The molecule has 1 fully saturated rings. The number of anilines is 1. The number of rotatable bonds is 5. The minimum absolute atomic E-state index is 0. The van der Waals surface area contributed by atoms with Crippen LogP contribution in [0, 0.1) is 6.92 Å². The van der Waals surface area contributed by atoms with E-state index in [0.717, 1.165) is 36.6 Å². The van der Waals surface area contributed by atoms with Crippen LogP contribution in [0.15, 0.2) is 18.2 Å².